The Labute approximate surface area is 209 Å². The molecule has 4 rings (SSSR count). The highest BCUT2D eigenvalue weighted by molar-refractivity contribution is 8.00. The third-order valence-corrected chi connectivity index (χ3v) is 7.86. The molecule has 0 fully saturated rings. The van der Waals surface area contributed by atoms with Gasteiger partial charge in [0.25, 0.3) is 5.91 Å². The lowest BCUT2D eigenvalue weighted by atomic mass is 10.1. The van der Waals surface area contributed by atoms with Gasteiger partial charge in [-0.3, -0.25) is 10.1 Å². The Morgan fingerprint density at radius 3 is 2.73 bits per heavy atom. The van der Waals surface area contributed by atoms with E-state index < -0.39 is 5.91 Å². The molecule has 2 aromatic heterocycles. The van der Waals surface area contributed by atoms with Crippen molar-refractivity contribution < 1.29 is 4.79 Å². The first-order valence-corrected chi connectivity index (χ1v) is 13.2. The van der Waals surface area contributed by atoms with Crippen LogP contribution in [0.4, 0.5) is 5.13 Å². The number of thioether (sulfide) groups is 2. The minimum atomic E-state index is -0.439. The Kier molecular flexibility index (Phi) is 7.97. The van der Waals surface area contributed by atoms with Gasteiger partial charge in [0.2, 0.25) is 5.13 Å². The van der Waals surface area contributed by atoms with E-state index in [2.05, 4.69) is 63.6 Å². The predicted molar refractivity (Wildman–Crippen MR) is 136 cm³/mol. The van der Waals surface area contributed by atoms with E-state index in [1.165, 1.54) is 46.0 Å². The van der Waals surface area contributed by atoms with E-state index in [4.69, 9.17) is 11.6 Å². The molecule has 0 saturated heterocycles. The summed E-state index contributed by atoms with van der Waals surface area (Å²) >= 11 is 10.5. The molecular formula is C23H20ClN5OS3. The van der Waals surface area contributed by atoms with Crippen LogP contribution in [0.5, 0.6) is 0 Å². The fourth-order valence-electron chi connectivity index (χ4n) is 2.92. The number of hydrogen-bond donors (Lipinski definition) is 1. The van der Waals surface area contributed by atoms with Crippen LogP contribution in [0.2, 0.25) is 5.02 Å². The molecule has 0 radical (unpaired) electrons. The third-order valence-electron chi connectivity index (χ3n) is 4.63. The first-order valence-electron chi connectivity index (χ1n) is 10.0. The maximum atomic E-state index is 12.8. The lowest BCUT2D eigenvalue weighted by Crippen LogP contribution is -2.15. The summed E-state index contributed by atoms with van der Waals surface area (Å²) in [6, 6.07) is 16.4. The van der Waals surface area contributed by atoms with E-state index in [1.807, 2.05) is 24.3 Å². The number of carbonyl (C=O) groups is 1. The van der Waals surface area contributed by atoms with Gasteiger partial charge in [0.15, 0.2) is 15.2 Å². The number of nitrogens with one attached hydrogen (secondary N) is 1. The Bertz CT molecular complexity index is 1280. The number of aromatic nitrogens is 4. The largest absolute Gasteiger partial charge is 0.295 e. The minimum absolute atomic E-state index is 0.114. The van der Waals surface area contributed by atoms with E-state index in [1.54, 1.807) is 11.8 Å². The summed E-state index contributed by atoms with van der Waals surface area (Å²) < 4.78 is 0.775. The lowest BCUT2D eigenvalue weighted by Gasteiger charge is -2.06. The molecule has 0 aliphatic heterocycles. The lowest BCUT2D eigenvalue weighted by molar-refractivity contribution is 0.102. The van der Waals surface area contributed by atoms with Gasteiger partial charge in [0.05, 0.1) is 11.2 Å². The molecule has 0 unspecified atom stereocenters. The molecule has 2 aromatic carbocycles. The zero-order chi connectivity index (χ0) is 23.2. The van der Waals surface area contributed by atoms with Crippen LogP contribution >= 0.6 is 46.5 Å². The van der Waals surface area contributed by atoms with Crippen molar-refractivity contribution in [2.45, 2.75) is 34.8 Å². The highest BCUT2D eigenvalue weighted by atomic mass is 35.5. The molecular weight excluding hydrogens is 494 g/mol. The normalized spacial score (nSPS) is 10.9. The average molecular weight is 514 g/mol. The van der Waals surface area contributed by atoms with Gasteiger partial charge in [0.1, 0.15) is 0 Å². The Morgan fingerprint density at radius 1 is 1.06 bits per heavy atom. The fourth-order valence-corrected chi connectivity index (χ4v) is 5.67. The number of nitrogens with zero attached hydrogens (tertiary/aromatic N) is 4. The number of rotatable bonds is 8. The minimum Gasteiger partial charge on any atom is -0.295 e. The molecule has 0 saturated carbocycles. The smallest absolute Gasteiger partial charge is 0.277 e. The highest BCUT2D eigenvalue weighted by Crippen LogP contribution is 2.30. The van der Waals surface area contributed by atoms with Crippen LogP contribution in [0.1, 0.15) is 32.7 Å². The van der Waals surface area contributed by atoms with Crippen molar-refractivity contribution in [1.29, 1.82) is 0 Å². The summed E-state index contributed by atoms with van der Waals surface area (Å²) in [6.45, 7) is 4.13. The molecule has 33 heavy (non-hydrogen) atoms. The van der Waals surface area contributed by atoms with Gasteiger partial charge in [-0.15, -0.1) is 10.2 Å². The second kappa shape index (κ2) is 11.1. The quantitative estimate of drug-likeness (QED) is 0.165. The molecule has 2 heterocycles. The zero-order valence-corrected chi connectivity index (χ0v) is 21.1. The van der Waals surface area contributed by atoms with Gasteiger partial charge < -0.3 is 0 Å². The van der Waals surface area contributed by atoms with Crippen molar-refractivity contribution in [3.8, 4) is 0 Å². The molecule has 0 spiro atoms. The topological polar surface area (TPSA) is 80.7 Å². The Balaban J connectivity index is 1.38. The van der Waals surface area contributed by atoms with Gasteiger partial charge in [-0.25, -0.2) is 9.97 Å². The van der Waals surface area contributed by atoms with Crippen molar-refractivity contribution in [1.82, 2.24) is 20.2 Å². The SMILES string of the molecule is Cc1cccc(CSc2ncc(Cl)c(C(=O)Nc3nnc(SCc4ccccc4C)s3)n2)c1. The standard InChI is InChI=1S/C23H20ClN5OS3/c1-14-6-5-8-16(10-14)12-31-21-25-11-18(24)19(26-21)20(30)27-22-28-29-23(33-22)32-13-17-9-4-3-7-15(17)2/h3-11H,12-13H2,1-2H3,(H,27,28,30). The number of benzene rings is 2. The molecule has 1 amide bonds. The summed E-state index contributed by atoms with van der Waals surface area (Å²) in [5.74, 6) is 1.04. The van der Waals surface area contributed by atoms with E-state index in [-0.39, 0.29) is 10.7 Å². The van der Waals surface area contributed by atoms with Crippen molar-refractivity contribution in [2.24, 2.45) is 0 Å². The first-order chi connectivity index (χ1) is 16.0. The maximum Gasteiger partial charge on any atom is 0.277 e. The van der Waals surface area contributed by atoms with Crippen molar-refractivity contribution in [2.75, 3.05) is 5.32 Å². The Hall–Kier alpha value is -2.46. The summed E-state index contributed by atoms with van der Waals surface area (Å²) in [5.41, 5.74) is 4.94. The molecule has 6 nitrogen and oxygen atoms in total. The van der Waals surface area contributed by atoms with Crippen LogP contribution in [-0.2, 0) is 11.5 Å². The molecule has 4 aromatic rings. The molecule has 0 atom stereocenters. The fraction of sp³-hybridized carbons (Fsp3) is 0.174. The zero-order valence-electron chi connectivity index (χ0n) is 17.9. The van der Waals surface area contributed by atoms with Crippen LogP contribution < -0.4 is 5.32 Å². The van der Waals surface area contributed by atoms with Gasteiger partial charge in [0, 0.05) is 11.5 Å². The number of halogens is 1. The second-order valence-corrected chi connectivity index (χ2v) is 10.7. The van der Waals surface area contributed by atoms with E-state index in [0.29, 0.717) is 16.0 Å². The predicted octanol–water partition coefficient (Wildman–Crippen LogP) is 6.44. The Morgan fingerprint density at radius 2 is 1.91 bits per heavy atom. The number of hydrogen-bond acceptors (Lipinski definition) is 8. The number of amides is 1. The highest BCUT2D eigenvalue weighted by Gasteiger charge is 2.17. The third kappa shape index (κ3) is 6.54. The van der Waals surface area contributed by atoms with Crippen LogP contribution in [-0.4, -0.2) is 26.1 Å². The summed E-state index contributed by atoms with van der Waals surface area (Å²) in [6.07, 6.45) is 1.45. The van der Waals surface area contributed by atoms with Crippen LogP contribution in [0, 0.1) is 13.8 Å². The van der Waals surface area contributed by atoms with Crippen LogP contribution in [0.25, 0.3) is 0 Å². The molecule has 10 heteroatoms. The van der Waals surface area contributed by atoms with E-state index in [0.717, 1.165) is 15.7 Å². The van der Waals surface area contributed by atoms with Crippen LogP contribution in [0.15, 0.2) is 64.2 Å². The molecule has 0 aliphatic rings. The van der Waals surface area contributed by atoms with E-state index in [9.17, 15) is 4.79 Å². The monoisotopic (exact) mass is 513 g/mol. The summed E-state index contributed by atoms with van der Waals surface area (Å²) in [7, 11) is 0. The van der Waals surface area contributed by atoms with Gasteiger partial charge in [-0.2, -0.15) is 0 Å². The molecule has 0 aliphatic carbocycles. The number of carbonyl (C=O) groups excluding carboxylic acids is 1. The first kappa shape index (κ1) is 23.7. The van der Waals surface area contributed by atoms with Crippen molar-refractivity contribution >= 4 is 57.5 Å². The summed E-state index contributed by atoms with van der Waals surface area (Å²) in [4.78, 5) is 21.4. The maximum absolute atomic E-state index is 12.8. The van der Waals surface area contributed by atoms with Crippen LogP contribution in [0.3, 0.4) is 0 Å². The van der Waals surface area contributed by atoms with Gasteiger partial charge in [-0.05, 0) is 30.5 Å². The van der Waals surface area contributed by atoms with Gasteiger partial charge >= 0.3 is 0 Å². The van der Waals surface area contributed by atoms with Crippen molar-refractivity contribution in [3.05, 3.63) is 87.7 Å². The average Bonchev–Trinajstić information content (AvgIpc) is 3.25. The molecule has 1 N–H and O–H groups in total. The number of aryl methyl sites for hydroxylation is 2. The van der Waals surface area contributed by atoms with Gasteiger partial charge in [-0.1, -0.05) is 101 Å². The summed E-state index contributed by atoms with van der Waals surface area (Å²) in [5, 5.41) is 12.1. The molecule has 0 bridgehead atoms. The van der Waals surface area contributed by atoms with E-state index >= 15 is 0 Å². The molecule has 168 valence electrons. The second-order valence-electron chi connectivity index (χ2n) is 7.17. The number of anilines is 1. The van der Waals surface area contributed by atoms with Crippen molar-refractivity contribution in [3.63, 3.8) is 0 Å².